The molecule has 1 aliphatic carbocycles. The molecule has 0 unspecified atom stereocenters. The summed E-state index contributed by atoms with van der Waals surface area (Å²) in [5.74, 6) is 2.64. The number of nitrogens with one attached hydrogen (secondary N) is 1. The second-order valence-electron chi connectivity index (χ2n) is 8.32. The van der Waals surface area contributed by atoms with E-state index in [4.69, 9.17) is 9.47 Å². The third kappa shape index (κ3) is 6.13. The summed E-state index contributed by atoms with van der Waals surface area (Å²) < 4.78 is 10.7. The van der Waals surface area contributed by atoms with Crippen molar-refractivity contribution in [2.24, 2.45) is 5.92 Å². The van der Waals surface area contributed by atoms with Crippen LogP contribution in [0.2, 0.25) is 0 Å². The predicted octanol–water partition coefficient (Wildman–Crippen LogP) is 3.80. The molecule has 0 aromatic heterocycles. The van der Waals surface area contributed by atoms with Crippen LogP contribution in [0.1, 0.15) is 56.9 Å². The van der Waals surface area contributed by atoms with Crippen LogP contribution in [0.3, 0.4) is 0 Å². The summed E-state index contributed by atoms with van der Waals surface area (Å²) in [4.78, 5) is 15.1. The van der Waals surface area contributed by atoms with E-state index in [0.717, 1.165) is 48.9 Å². The SMILES string of the molecule is COc1ccc(OC)c(CCC(=O)NC2CCN(CC3CCCCC3)CC2)c1. The predicted molar refractivity (Wildman–Crippen MR) is 112 cm³/mol. The van der Waals surface area contributed by atoms with E-state index in [1.165, 1.54) is 38.6 Å². The quantitative estimate of drug-likeness (QED) is 0.736. The molecule has 1 aromatic rings. The van der Waals surface area contributed by atoms with Crippen LogP contribution in [0.25, 0.3) is 0 Å². The Labute approximate surface area is 169 Å². The van der Waals surface area contributed by atoms with E-state index >= 15 is 0 Å². The Morgan fingerprint density at radius 1 is 1.07 bits per heavy atom. The molecule has 1 saturated carbocycles. The Kier molecular flexibility index (Phi) is 8.01. The first-order valence-electron chi connectivity index (χ1n) is 10.9. The van der Waals surface area contributed by atoms with Gasteiger partial charge in [-0.15, -0.1) is 0 Å². The van der Waals surface area contributed by atoms with Gasteiger partial charge in [0.1, 0.15) is 11.5 Å². The molecule has 1 saturated heterocycles. The van der Waals surface area contributed by atoms with E-state index in [1.54, 1.807) is 14.2 Å². The first kappa shape index (κ1) is 21.0. The highest BCUT2D eigenvalue weighted by Crippen LogP contribution is 2.26. The van der Waals surface area contributed by atoms with Crippen molar-refractivity contribution in [2.75, 3.05) is 33.9 Å². The molecule has 2 fully saturated rings. The first-order valence-corrected chi connectivity index (χ1v) is 10.9. The number of rotatable bonds is 8. The Balaban J connectivity index is 1.39. The first-order chi connectivity index (χ1) is 13.7. The lowest BCUT2D eigenvalue weighted by atomic mass is 9.88. The zero-order chi connectivity index (χ0) is 19.8. The number of amides is 1. The summed E-state index contributed by atoms with van der Waals surface area (Å²) in [5.41, 5.74) is 1.01. The molecule has 1 aromatic carbocycles. The van der Waals surface area contributed by atoms with E-state index in [-0.39, 0.29) is 5.91 Å². The minimum absolute atomic E-state index is 0.135. The Bertz CT molecular complexity index is 620. The molecule has 0 radical (unpaired) electrons. The molecule has 1 amide bonds. The summed E-state index contributed by atoms with van der Waals surface area (Å²) >= 11 is 0. The fourth-order valence-corrected chi connectivity index (χ4v) is 4.62. The number of likely N-dealkylation sites (tertiary alicyclic amines) is 1. The van der Waals surface area contributed by atoms with Crippen molar-refractivity contribution in [3.63, 3.8) is 0 Å². The minimum Gasteiger partial charge on any atom is -0.497 e. The molecular weight excluding hydrogens is 352 g/mol. The molecule has 0 spiro atoms. The van der Waals surface area contributed by atoms with Crippen LogP contribution in [0.15, 0.2) is 18.2 Å². The Morgan fingerprint density at radius 3 is 2.50 bits per heavy atom. The average molecular weight is 389 g/mol. The summed E-state index contributed by atoms with van der Waals surface area (Å²) in [6.07, 6.45) is 10.3. The van der Waals surface area contributed by atoms with Gasteiger partial charge in [-0.2, -0.15) is 0 Å². The highest BCUT2D eigenvalue weighted by molar-refractivity contribution is 5.76. The van der Waals surface area contributed by atoms with Crippen LogP contribution >= 0.6 is 0 Å². The van der Waals surface area contributed by atoms with Gasteiger partial charge in [0.25, 0.3) is 0 Å². The number of hydrogen-bond acceptors (Lipinski definition) is 4. The molecule has 1 N–H and O–H groups in total. The van der Waals surface area contributed by atoms with Crippen molar-refractivity contribution in [3.8, 4) is 11.5 Å². The number of benzene rings is 1. The molecule has 28 heavy (non-hydrogen) atoms. The second-order valence-corrected chi connectivity index (χ2v) is 8.32. The van der Waals surface area contributed by atoms with Crippen molar-refractivity contribution in [2.45, 2.75) is 63.8 Å². The maximum Gasteiger partial charge on any atom is 0.220 e. The van der Waals surface area contributed by atoms with Gasteiger partial charge in [-0.1, -0.05) is 19.3 Å². The lowest BCUT2D eigenvalue weighted by Gasteiger charge is -2.35. The summed E-state index contributed by atoms with van der Waals surface area (Å²) in [7, 11) is 3.31. The lowest BCUT2D eigenvalue weighted by Crippen LogP contribution is -2.46. The van der Waals surface area contributed by atoms with Gasteiger partial charge in [0.05, 0.1) is 14.2 Å². The second kappa shape index (κ2) is 10.7. The summed E-state index contributed by atoms with van der Waals surface area (Å²) in [5, 5.41) is 3.24. The lowest BCUT2D eigenvalue weighted by molar-refractivity contribution is -0.122. The molecule has 0 bridgehead atoms. The minimum atomic E-state index is 0.135. The van der Waals surface area contributed by atoms with Gasteiger partial charge in [0.2, 0.25) is 5.91 Å². The van der Waals surface area contributed by atoms with E-state index in [0.29, 0.717) is 18.9 Å². The monoisotopic (exact) mass is 388 g/mol. The molecule has 1 aliphatic heterocycles. The van der Waals surface area contributed by atoms with Gasteiger partial charge in [0, 0.05) is 32.1 Å². The highest BCUT2D eigenvalue weighted by Gasteiger charge is 2.23. The van der Waals surface area contributed by atoms with Crippen molar-refractivity contribution in [1.29, 1.82) is 0 Å². The Hall–Kier alpha value is -1.75. The Morgan fingerprint density at radius 2 is 1.82 bits per heavy atom. The third-order valence-corrected chi connectivity index (χ3v) is 6.30. The normalized spacial score (nSPS) is 19.4. The average Bonchev–Trinajstić information content (AvgIpc) is 2.74. The topological polar surface area (TPSA) is 50.8 Å². The molecule has 5 heteroatoms. The molecule has 3 rings (SSSR count). The van der Waals surface area contributed by atoms with E-state index in [2.05, 4.69) is 10.2 Å². The highest BCUT2D eigenvalue weighted by atomic mass is 16.5. The standard InChI is InChI=1S/C23H36N2O3/c1-27-21-9-10-22(28-2)19(16-21)8-11-23(26)24-20-12-14-25(15-13-20)17-18-6-4-3-5-7-18/h9-10,16,18,20H,3-8,11-15,17H2,1-2H3,(H,24,26). The van der Waals surface area contributed by atoms with Crippen molar-refractivity contribution in [1.82, 2.24) is 10.2 Å². The fraction of sp³-hybridized carbons (Fsp3) is 0.696. The van der Waals surface area contributed by atoms with E-state index in [9.17, 15) is 4.79 Å². The number of aryl methyl sites for hydroxylation is 1. The van der Waals surface area contributed by atoms with Crippen LogP contribution in [0.5, 0.6) is 11.5 Å². The molecule has 0 atom stereocenters. The number of carbonyl (C=O) groups excluding carboxylic acids is 1. The van der Waals surface area contributed by atoms with E-state index in [1.807, 2.05) is 18.2 Å². The van der Waals surface area contributed by atoms with Gasteiger partial charge in [-0.25, -0.2) is 0 Å². The number of piperidine rings is 1. The molecule has 1 heterocycles. The third-order valence-electron chi connectivity index (χ3n) is 6.30. The van der Waals surface area contributed by atoms with Gasteiger partial charge >= 0.3 is 0 Å². The van der Waals surface area contributed by atoms with Crippen LogP contribution in [0, 0.1) is 5.92 Å². The molecular formula is C23H36N2O3. The number of ether oxygens (including phenoxy) is 2. The van der Waals surface area contributed by atoms with Crippen LogP contribution in [-0.4, -0.2) is 50.7 Å². The van der Waals surface area contributed by atoms with Crippen LogP contribution in [-0.2, 0) is 11.2 Å². The summed E-state index contributed by atoms with van der Waals surface area (Å²) in [6, 6.07) is 6.05. The van der Waals surface area contributed by atoms with Crippen LogP contribution < -0.4 is 14.8 Å². The number of methoxy groups -OCH3 is 2. The van der Waals surface area contributed by atoms with E-state index < -0.39 is 0 Å². The van der Waals surface area contributed by atoms with Crippen molar-refractivity contribution < 1.29 is 14.3 Å². The molecule has 5 nitrogen and oxygen atoms in total. The number of hydrogen-bond donors (Lipinski definition) is 1. The largest absolute Gasteiger partial charge is 0.497 e. The smallest absolute Gasteiger partial charge is 0.220 e. The number of nitrogens with zero attached hydrogens (tertiary/aromatic N) is 1. The molecule has 156 valence electrons. The van der Waals surface area contributed by atoms with Crippen molar-refractivity contribution in [3.05, 3.63) is 23.8 Å². The molecule has 2 aliphatic rings. The van der Waals surface area contributed by atoms with Gasteiger partial charge in [-0.05, 0) is 61.8 Å². The van der Waals surface area contributed by atoms with Gasteiger partial charge in [0.15, 0.2) is 0 Å². The fourth-order valence-electron chi connectivity index (χ4n) is 4.62. The maximum absolute atomic E-state index is 12.4. The van der Waals surface area contributed by atoms with Crippen molar-refractivity contribution >= 4 is 5.91 Å². The summed E-state index contributed by atoms with van der Waals surface area (Å²) in [6.45, 7) is 3.49. The maximum atomic E-state index is 12.4. The van der Waals surface area contributed by atoms with Crippen LogP contribution in [0.4, 0.5) is 0 Å². The van der Waals surface area contributed by atoms with Gasteiger partial charge in [-0.3, -0.25) is 4.79 Å². The zero-order valence-electron chi connectivity index (χ0n) is 17.5. The number of carbonyl (C=O) groups is 1. The van der Waals surface area contributed by atoms with Gasteiger partial charge < -0.3 is 19.7 Å². The zero-order valence-corrected chi connectivity index (χ0v) is 17.5.